The predicted molar refractivity (Wildman–Crippen MR) is 35.3 cm³/mol. The van der Waals surface area contributed by atoms with E-state index < -0.39 is 0 Å². The van der Waals surface area contributed by atoms with Crippen LogP contribution in [0.1, 0.15) is 20.8 Å². The van der Waals surface area contributed by atoms with Crippen LogP contribution in [0.4, 0.5) is 0 Å². The van der Waals surface area contributed by atoms with Gasteiger partial charge in [0.15, 0.2) is 9.76 Å². The van der Waals surface area contributed by atoms with Gasteiger partial charge in [0.1, 0.15) is 0 Å². The molecule has 0 rings (SSSR count). The first-order chi connectivity index (χ1) is 3.06. The topological polar surface area (TPSA) is 9.23 Å². The highest BCUT2D eigenvalue weighted by Gasteiger charge is 2.08. The van der Waals surface area contributed by atoms with Crippen LogP contribution in [-0.2, 0) is 4.43 Å². The van der Waals surface area contributed by atoms with Crippen molar-refractivity contribution in [1.29, 1.82) is 0 Å². The lowest BCUT2D eigenvalue weighted by Crippen LogP contribution is -2.09. The number of hydrogen-bond acceptors (Lipinski definition) is 1. The molecule has 0 aliphatic carbocycles. The van der Waals surface area contributed by atoms with Crippen LogP contribution in [0, 0.1) is 0 Å². The molecule has 44 valence electrons. The molecule has 2 heteroatoms. The van der Waals surface area contributed by atoms with Gasteiger partial charge in [-0.15, -0.1) is 0 Å². The fraction of sp³-hybridized carbons (Fsp3) is 1.00. The summed E-state index contributed by atoms with van der Waals surface area (Å²) < 4.78 is 5.05. The van der Waals surface area contributed by atoms with E-state index in [0.29, 0.717) is 5.04 Å². The molecule has 0 fully saturated rings. The van der Waals surface area contributed by atoms with Crippen molar-refractivity contribution in [1.82, 2.24) is 0 Å². The van der Waals surface area contributed by atoms with Crippen LogP contribution in [0.15, 0.2) is 0 Å². The molecule has 0 aromatic rings. The van der Waals surface area contributed by atoms with Gasteiger partial charge in [-0.1, -0.05) is 20.8 Å². The van der Waals surface area contributed by atoms with E-state index in [1.165, 1.54) is 0 Å². The Kier molecular flexibility index (Phi) is 2.54. The zero-order chi connectivity index (χ0) is 5.91. The summed E-state index contributed by atoms with van der Waals surface area (Å²) in [4.78, 5) is 0. The lowest BCUT2D eigenvalue weighted by molar-refractivity contribution is 0.416. The maximum absolute atomic E-state index is 5.05. The summed E-state index contributed by atoms with van der Waals surface area (Å²) in [6.45, 7) is 6.63. The molecule has 0 aliphatic rings. The van der Waals surface area contributed by atoms with Gasteiger partial charge in [-0.3, -0.25) is 0 Å². The second kappa shape index (κ2) is 2.48. The normalized spacial score (nSPS) is 13.7. The lowest BCUT2D eigenvalue weighted by Gasteiger charge is -2.14. The van der Waals surface area contributed by atoms with Crippen molar-refractivity contribution in [3.63, 3.8) is 0 Å². The summed E-state index contributed by atoms with van der Waals surface area (Å²) in [6, 6.07) is 0. The molecule has 1 nitrogen and oxygen atoms in total. The van der Waals surface area contributed by atoms with Gasteiger partial charge in [-0.05, 0) is 5.04 Å². The van der Waals surface area contributed by atoms with Crippen LogP contribution in [-0.4, -0.2) is 16.9 Å². The monoisotopic (exact) mass is 118 g/mol. The second-order valence-electron chi connectivity index (χ2n) is 2.99. The van der Waals surface area contributed by atoms with Crippen molar-refractivity contribution >= 4 is 9.76 Å². The molecule has 0 bridgehead atoms. The molecule has 0 radical (unpaired) electrons. The smallest absolute Gasteiger partial charge is 0.166 e. The maximum atomic E-state index is 5.05. The molecular formula is C5H14OSi. The zero-order valence-corrected chi connectivity index (χ0v) is 7.03. The van der Waals surface area contributed by atoms with Crippen LogP contribution in [0.5, 0.6) is 0 Å². The van der Waals surface area contributed by atoms with Crippen LogP contribution in [0.2, 0.25) is 5.04 Å². The second-order valence-corrected chi connectivity index (χ2v) is 5.98. The van der Waals surface area contributed by atoms with Crippen molar-refractivity contribution in [3.8, 4) is 0 Å². The molecule has 0 aromatic carbocycles. The Hall–Kier alpha value is 0.177. The van der Waals surface area contributed by atoms with E-state index in [0.717, 1.165) is 0 Å². The van der Waals surface area contributed by atoms with Crippen LogP contribution in [0.25, 0.3) is 0 Å². The van der Waals surface area contributed by atoms with Gasteiger partial charge in [0, 0.05) is 7.11 Å². The largest absolute Gasteiger partial charge is 0.427 e. The SMILES string of the molecule is CO[SiH2]C(C)(C)C. The van der Waals surface area contributed by atoms with Crippen molar-refractivity contribution in [2.45, 2.75) is 25.8 Å². The van der Waals surface area contributed by atoms with Gasteiger partial charge in [0.2, 0.25) is 0 Å². The highest BCUT2D eigenvalue weighted by Crippen LogP contribution is 2.18. The summed E-state index contributed by atoms with van der Waals surface area (Å²) in [5.41, 5.74) is 0. The fourth-order valence-corrected chi connectivity index (χ4v) is 1.30. The summed E-state index contributed by atoms with van der Waals surface area (Å²) >= 11 is 0. The summed E-state index contributed by atoms with van der Waals surface area (Å²) in [5, 5.41) is 0.467. The van der Waals surface area contributed by atoms with Gasteiger partial charge in [0.25, 0.3) is 0 Å². The molecular weight excluding hydrogens is 104 g/mol. The first-order valence-electron chi connectivity index (χ1n) is 2.55. The minimum Gasteiger partial charge on any atom is -0.427 e. The van der Waals surface area contributed by atoms with Crippen LogP contribution >= 0.6 is 0 Å². The molecule has 0 aromatic heterocycles. The molecule has 0 aliphatic heterocycles. The Balaban J connectivity index is 3.15. The maximum Gasteiger partial charge on any atom is 0.166 e. The summed E-state index contributed by atoms with van der Waals surface area (Å²) in [5.74, 6) is 0. The highest BCUT2D eigenvalue weighted by molar-refractivity contribution is 6.31. The van der Waals surface area contributed by atoms with Crippen molar-refractivity contribution in [2.24, 2.45) is 0 Å². The van der Waals surface area contributed by atoms with Gasteiger partial charge < -0.3 is 4.43 Å². The molecule has 0 atom stereocenters. The number of hydrogen-bond donors (Lipinski definition) is 0. The van der Waals surface area contributed by atoms with Gasteiger partial charge in [-0.25, -0.2) is 0 Å². The Morgan fingerprint density at radius 1 is 1.29 bits per heavy atom. The Morgan fingerprint density at radius 2 is 1.71 bits per heavy atom. The first kappa shape index (κ1) is 7.18. The molecule has 0 saturated carbocycles. The van der Waals surface area contributed by atoms with E-state index in [2.05, 4.69) is 20.8 Å². The minimum absolute atomic E-state index is 0.240. The third kappa shape index (κ3) is 6.18. The van der Waals surface area contributed by atoms with Crippen LogP contribution < -0.4 is 0 Å². The van der Waals surface area contributed by atoms with Gasteiger partial charge >= 0.3 is 0 Å². The molecule has 0 heterocycles. The molecule has 0 amide bonds. The highest BCUT2D eigenvalue weighted by atomic mass is 28.2. The third-order valence-electron chi connectivity index (χ3n) is 0.577. The van der Waals surface area contributed by atoms with Crippen molar-refractivity contribution in [3.05, 3.63) is 0 Å². The predicted octanol–water partition coefficient (Wildman–Crippen LogP) is 0.935. The average molecular weight is 118 g/mol. The van der Waals surface area contributed by atoms with E-state index in [1.807, 2.05) is 0 Å². The number of rotatable bonds is 1. The van der Waals surface area contributed by atoms with Gasteiger partial charge in [-0.2, -0.15) is 0 Å². The molecule has 0 saturated heterocycles. The first-order valence-corrected chi connectivity index (χ1v) is 3.83. The minimum atomic E-state index is -0.240. The quantitative estimate of drug-likeness (QED) is 0.465. The van der Waals surface area contributed by atoms with Crippen LogP contribution in [0.3, 0.4) is 0 Å². The van der Waals surface area contributed by atoms with E-state index in [9.17, 15) is 0 Å². The molecule has 0 N–H and O–H groups in total. The van der Waals surface area contributed by atoms with E-state index in [1.54, 1.807) is 7.11 Å². The molecule has 7 heavy (non-hydrogen) atoms. The molecule has 0 unspecified atom stereocenters. The van der Waals surface area contributed by atoms with E-state index in [4.69, 9.17) is 4.43 Å². The average Bonchev–Trinajstić information content (AvgIpc) is 1.30. The summed E-state index contributed by atoms with van der Waals surface area (Å²) in [6.07, 6.45) is 0. The summed E-state index contributed by atoms with van der Waals surface area (Å²) in [7, 11) is 1.55. The third-order valence-corrected chi connectivity index (χ3v) is 1.73. The van der Waals surface area contributed by atoms with Crippen molar-refractivity contribution < 1.29 is 4.43 Å². The van der Waals surface area contributed by atoms with E-state index in [-0.39, 0.29) is 9.76 Å². The standard InChI is InChI=1S/C5H14OSi/c1-5(2,3)7-6-4/h7H2,1-4H3. The zero-order valence-electron chi connectivity index (χ0n) is 5.62. The molecule has 0 spiro atoms. The van der Waals surface area contributed by atoms with Gasteiger partial charge in [0.05, 0.1) is 0 Å². The van der Waals surface area contributed by atoms with Crippen molar-refractivity contribution in [2.75, 3.05) is 7.11 Å². The lowest BCUT2D eigenvalue weighted by atomic mass is 10.3. The Labute approximate surface area is 48.0 Å². The van der Waals surface area contributed by atoms with E-state index >= 15 is 0 Å². The fourth-order valence-electron chi connectivity index (χ4n) is 0.433. The Bertz CT molecular complexity index is 46.5. The Morgan fingerprint density at radius 3 is 1.71 bits per heavy atom.